The smallest absolute Gasteiger partial charge is 0.123 e. The third-order valence-corrected chi connectivity index (χ3v) is 3.34. The summed E-state index contributed by atoms with van der Waals surface area (Å²) in [4.78, 5) is 2.34. The van der Waals surface area contributed by atoms with Gasteiger partial charge in [0.05, 0.1) is 0 Å². The van der Waals surface area contributed by atoms with Gasteiger partial charge in [0, 0.05) is 18.3 Å². The van der Waals surface area contributed by atoms with Crippen LogP contribution < -0.4 is 4.90 Å². The molecule has 1 nitrogen and oxygen atoms in total. The molecule has 0 fully saturated rings. The maximum Gasteiger partial charge on any atom is 0.123 e. The molecule has 0 radical (unpaired) electrons. The molecule has 0 spiro atoms. The molecule has 0 bridgehead atoms. The van der Waals surface area contributed by atoms with Gasteiger partial charge in [0.25, 0.3) is 0 Å². The second kappa shape index (κ2) is 5.87. The molecule has 0 saturated heterocycles. The molecular formula is C17H20FN. The minimum atomic E-state index is -0.197. The largest absolute Gasteiger partial charge is 0.369 e. The third kappa shape index (κ3) is 3.14. The highest BCUT2D eigenvalue weighted by molar-refractivity contribution is 5.66. The van der Waals surface area contributed by atoms with Gasteiger partial charge in [-0.1, -0.05) is 24.3 Å². The number of benzene rings is 2. The van der Waals surface area contributed by atoms with E-state index < -0.39 is 0 Å². The van der Waals surface area contributed by atoms with E-state index in [1.165, 1.54) is 17.8 Å². The molecule has 19 heavy (non-hydrogen) atoms. The topological polar surface area (TPSA) is 3.24 Å². The van der Waals surface area contributed by atoms with Gasteiger partial charge >= 0.3 is 0 Å². The van der Waals surface area contributed by atoms with E-state index in [0.29, 0.717) is 6.04 Å². The average molecular weight is 257 g/mol. The summed E-state index contributed by atoms with van der Waals surface area (Å²) in [6, 6.07) is 15.5. The molecule has 0 heterocycles. The lowest BCUT2D eigenvalue weighted by atomic mass is 10.0. The van der Waals surface area contributed by atoms with Crippen molar-refractivity contribution in [3.63, 3.8) is 0 Å². The van der Waals surface area contributed by atoms with Gasteiger partial charge in [0.2, 0.25) is 0 Å². The minimum Gasteiger partial charge on any atom is -0.369 e. The molecule has 0 amide bonds. The van der Waals surface area contributed by atoms with Gasteiger partial charge in [0.15, 0.2) is 0 Å². The highest BCUT2D eigenvalue weighted by Gasteiger charge is 2.08. The van der Waals surface area contributed by atoms with Crippen molar-refractivity contribution in [2.75, 3.05) is 11.4 Å². The summed E-state index contributed by atoms with van der Waals surface area (Å²) in [5.41, 5.74) is 3.38. The molecule has 0 unspecified atom stereocenters. The Morgan fingerprint density at radius 3 is 1.79 bits per heavy atom. The van der Waals surface area contributed by atoms with Crippen molar-refractivity contribution in [1.29, 1.82) is 0 Å². The maximum atomic E-state index is 12.9. The summed E-state index contributed by atoms with van der Waals surface area (Å²) in [7, 11) is 0. The van der Waals surface area contributed by atoms with Crippen LogP contribution in [0.5, 0.6) is 0 Å². The van der Waals surface area contributed by atoms with Crippen LogP contribution in [0.4, 0.5) is 10.1 Å². The second-order valence-corrected chi connectivity index (χ2v) is 4.93. The van der Waals surface area contributed by atoms with Gasteiger partial charge in [-0.25, -0.2) is 4.39 Å². The van der Waals surface area contributed by atoms with Gasteiger partial charge in [-0.05, 0) is 56.2 Å². The Bertz CT molecular complexity index is 514. The number of hydrogen-bond donors (Lipinski definition) is 0. The predicted molar refractivity (Wildman–Crippen MR) is 80.0 cm³/mol. The van der Waals surface area contributed by atoms with Gasteiger partial charge < -0.3 is 4.90 Å². The Labute approximate surface area is 114 Å². The van der Waals surface area contributed by atoms with Gasteiger partial charge in [0.1, 0.15) is 5.82 Å². The zero-order valence-corrected chi connectivity index (χ0v) is 11.7. The monoisotopic (exact) mass is 257 g/mol. The highest BCUT2D eigenvalue weighted by Crippen LogP contribution is 2.24. The average Bonchev–Trinajstić information content (AvgIpc) is 2.41. The van der Waals surface area contributed by atoms with Crippen molar-refractivity contribution in [2.24, 2.45) is 0 Å². The Kier molecular flexibility index (Phi) is 4.20. The first-order valence-corrected chi connectivity index (χ1v) is 6.74. The van der Waals surface area contributed by atoms with Crippen LogP contribution in [-0.2, 0) is 0 Å². The van der Waals surface area contributed by atoms with Crippen LogP contribution in [0.25, 0.3) is 11.1 Å². The molecule has 0 aliphatic heterocycles. The van der Waals surface area contributed by atoms with Gasteiger partial charge in [-0.2, -0.15) is 0 Å². The lowest BCUT2D eigenvalue weighted by Crippen LogP contribution is -2.30. The number of nitrogens with zero attached hydrogens (tertiary/aromatic N) is 1. The van der Waals surface area contributed by atoms with E-state index >= 15 is 0 Å². The first kappa shape index (κ1) is 13.6. The van der Waals surface area contributed by atoms with Gasteiger partial charge in [-0.3, -0.25) is 0 Å². The predicted octanol–water partition coefficient (Wildman–Crippen LogP) is 4.73. The fraction of sp³-hybridized carbons (Fsp3) is 0.294. The molecule has 2 heteroatoms. The fourth-order valence-corrected chi connectivity index (χ4v) is 2.33. The number of rotatable bonds is 4. The van der Waals surface area contributed by atoms with Gasteiger partial charge in [-0.15, -0.1) is 0 Å². The first-order valence-electron chi connectivity index (χ1n) is 6.74. The summed E-state index contributed by atoms with van der Waals surface area (Å²) in [5, 5.41) is 0. The second-order valence-electron chi connectivity index (χ2n) is 4.93. The summed E-state index contributed by atoms with van der Waals surface area (Å²) in [6.07, 6.45) is 0. The zero-order valence-electron chi connectivity index (χ0n) is 11.7. The molecule has 0 N–H and O–H groups in total. The van der Waals surface area contributed by atoms with Crippen LogP contribution in [0.2, 0.25) is 0 Å². The molecular weight excluding hydrogens is 237 g/mol. The van der Waals surface area contributed by atoms with E-state index in [2.05, 4.69) is 49.9 Å². The van der Waals surface area contributed by atoms with E-state index in [9.17, 15) is 4.39 Å². The van der Waals surface area contributed by atoms with Crippen LogP contribution in [0, 0.1) is 5.82 Å². The summed E-state index contributed by atoms with van der Waals surface area (Å²) < 4.78 is 12.9. The van der Waals surface area contributed by atoms with E-state index in [4.69, 9.17) is 0 Å². The van der Waals surface area contributed by atoms with Crippen LogP contribution in [0.15, 0.2) is 48.5 Å². The molecule has 0 saturated carbocycles. The number of halogens is 1. The molecule has 100 valence electrons. The van der Waals surface area contributed by atoms with E-state index in [1.807, 2.05) is 12.1 Å². The van der Waals surface area contributed by atoms with E-state index in [-0.39, 0.29) is 5.82 Å². The molecule has 0 aliphatic rings. The van der Waals surface area contributed by atoms with Crippen molar-refractivity contribution in [3.8, 4) is 11.1 Å². The maximum absolute atomic E-state index is 12.9. The highest BCUT2D eigenvalue weighted by atomic mass is 19.1. The Balaban J connectivity index is 2.25. The summed E-state index contributed by atoms with van der Waals surface area (Å²) in [5.74, 6) is -0.197. The van der Waals surface area contributed by atoms with Crippen molar-refractivity contribution in [3.05, 3.63) is 54.3 Å². The van der Waals surface area contributed by atoms with Crippen molar-refractivity contribution < 1.29 is 4.39 Å². The lowest BCUT2D eigenvalue weighted by Gasteiger charge is -2.27. The van der Waals surface area contributed by atoms with Crippen LogP contribution in [-0.4, -0.2) is 12.6 Å². The fourth-order valence-electron chi connectivity index (χ4n) is 2.33. The Morgan fingerprint density at radius 2 is 1.37 bits per heavy atom. The molecule has 0 atom stereocenters. The first-order chi connectivity index (χ1) is 9.11. The zero-order chi connectivity index (χ0) is 13.8. The normalized spacial score (nSPS) is 10.8. The molecule has 0 aromatic heterocycles. The standard InChI is InChI=1S/C17H20FN/c1-4-19(13(2)3)17-11-7-15(8-12-17)14-5-9-16(18)10-6-14/h5-13H,4H2,1-3H3. The lowest BCUT2D eigenvalue weighted by molar-refractivity contribution is 0.628. The molecule has 2 rings (SSSR count). The molecule has 2 aromatic rings. The van der Waals surface area contributed by atoms with Crippen LogP contribution in [0.3, 0.4) is 0 Å². The molecule has 0 aliphatic carbocycles. The minimum absolute atomic E-state index is 0.197. The van der Waals surface area contributed by atoms with Crippen molar-refractivity contribution >= 4 is 5.69 Å². The summed E-state index contributed by atoms with van der Waals surface area (Å²) >= 11 is 0. The van der Waals surface area contributed by atoms with Crippen molar-refractivity contribution in [1.82, 2.24) is 0 Å². The third-order valence-electron chi connectivity index (χ3n) is 3.34. The SMILES string of the molecule is CCN(c1ccc(-c2ccc(F)cc2)cc1)C(C)C. The quantitative estimate of drug-likeness (QED) is 0.765. The Morgan fingerprint density at radius 1 is 0.895 bits per heavy atom. The molecule has 2 aromatic carbocycles. The Hall–Kier alpha value is -1.83. The van der Waals surface area contributed by atoms with Crippen molar-refractivity contribution in [2.45, 2.75) is 26.8 Å². The van der Waals surface area contributed by atoms with E-state index in [1.54, 1.807) is 0 Å². The number of hydrogen-bond acceptors (Lipinski definition) is 1. The van der Waals surface area contributed by atoms with Crippen LogP contribution >= 0.6 is 0 Å². The van der Waals surface area contributed by atoms with E-state index in [0.717, 1.165) is 17.7 Å². The number of anilines is 1. The van der Waals surface area contributed by atoms with Crippen LogP contribution in [0.1, 0.15) is 20.8 Å². The summed E-state index contributed by atoms with van der Waals surface area (Å²) in [6.45, 7) is 7.54.